The molecule has 1 N–H and O–H groups in total. The van der Waals surface area contributed by atoms with Crippen LogP contribution >= 0.6 is 0 Å². The number of hydroxylamine groups is 1. The highest BCUT2D eigenvalue weighted by Crippen LogP contribution is 2.22. The number of rotatable bonds is 4. The highest BCUT2D eigenvalue weighted by atomic mass is 16.7. The molecule has 0 aromatic heterocycles. The van der Waals surface area contributed by atoms with Crippen molar-refractivity contribution in [2.24, 2.45) is 5.92 Å². The van der Waals surface area contributed by atoms with Gasteiger partial charge in [-0.05, 0) is 72.6 Å². The third-order valence-electron chi connectivity index (χ3n) is 4.47. The summed E-state index contributed by atoms with van der Waals surface area (Å²) in [4.78, 5) is 44.7. The molecule has 0 aromatic carbocycles. The molecule has 1 unspecified atom stereocenters. The Morgan fingerprint density at radius 1 is 1.17 bits per heavy atom. The van der Waals surface area contributed by atoms with E-state index in [1.807, 2.05) is 12.2 Å². The number of carbonyl (C=O) groups excluding carboxylic acids is 3. The van der Waals surface area contributed by atoms with E-state index in [2.05, 4.69) is 10.3 Å². The Morgan fingerprint density at radius 3 is 2.43 bits per heavy atom. The van der Waals surface area contributed by atoms with Crippen LogP contribution in [0.4, 0.5) is 4.79 Å². The van der Waals surface area contributed by atoms with Crippen LogP contribution in [0, 0.1) is 5.92 Å². The summed E-state index contributed by atoms with van der Waals surface area (Å²) in [5, 5.41) is 0.931. The van der Waals surface area contributed by atoms with Gasteiger partial charge in [0.25, 0.3) is 5.91 Å². The van der Waals surface area contributed by atoms with E-state index >= 15 is 0 Å². The van der Waals surface area contributed by atoms with Crippen molar-refractivity contribution in [2.75, 3.05) is 19.6 Å². The van der Waals surface area contributed by atoms with Gasteiger partial charge in [0.05, 0.1) is 11.5 Å². The number of amides is 2. The second-order valence-electron chi connectivity index (χ2n) is 9.81. The van der Waals surface area contributed by atoms with Crippen LogP contribution in [0.2, 0.25) is 0 Å². The molecule has 30 heavy (non-hydrogen) atoms. The van der Waals surface area contributed by atoms with Gasteiger partial charge in [0, 0.05) is 19.5 Å². The maximum absolute atomic E-state index is 13.2. The average molecular weight is 422 g/mol. The summed E-state index contributed by atoms with van der Waals surface area (Å²) in [5.41, 5.74) is 2.16. The molecule has 2 aliphatic rings. The minimum atomic E-state index is -0.741. The van der Waals surface area contributed by atoms with Gasteiger partial charge in [0.2, 0.25) is 0 Å². The fourth-order valence-electron chi connectivity index (χ4n) is 3.29. The van der Waals surface area contributed by atoms with Crippen molar-refractivity contribution >= 4 is 17.8 Å². The lowest BCUT2D eigenvalue weighted by Gasteiger charge is -2.36. The number of carbonyl (C=O) groups is 3. The number of hydrogen-bond donors (Lipinski definition) is 1. The number of likely N-dealkylation sites (tertiary alicyclic amines) is 1. The van der Waals surface area contributed by atoms with Gasteiger partial charge in [-0.3, -0.25) is 14.5 Å². The lowest BCUT2D eigenvalue weighted by molar-refractivity contribution is -0.248. The third kappa shape index (κ3) is 8.28. The standard InChI is InChI=1S/C22H35N3O5/c1-21(2,3)29-20(28)23-25(30-22(4,5)6)19(27)17-8-7-13-24(15-17)14-16-9-11-18(26)12-10-16/h9-11,17H,7-8,12-15H2,1-6H3,(H,23,28). The first-order chi connectivity index (χ1) is 13.8. The minimum Gasteiger partial charge on any atom is -0.443 e. The molecule has 0 bridgehead atoms. The zero-order valence-corrected chi connectivity index (χ0v) is 19.0. The molecule has 1 aliphatic heterocycles. The lowest BCUT2D eigenvalue weighted by atomic mass is 9.96. The Bertz CT molecular complexity index is 715. The zero-order chi connectivity index (χ0) is 22.5. The van der Waals surface area contributed by atoms with Gasteiger partial charge in [-0.2, -0.15) is 0 Å². The maximum atomic E-state index is 13.2. The molecule has 1 fully saturated rings. The topological polar surface area (TPSA) is 88.2 Å². The molecular weight excluding hydrogens is 386 g/mol. The van der Waals surface area contributed by atoms with Crippen LogP contribution in [0.5, 0.6) is 0 Å². The SMILES string of the molecule is CC(C)(C)OC(=O)NN(OC(C)(C)C)C(=O)C1CCCN(CC2=CCC(=O)C=C2)C1. The number of nitrogens with one attached hydrogen (secondary N) is 1. The zero-order valence-electron chi connectivity index (χ0n) is 19.0. The van der Waals surface area contributed by atoms with Crippen molar-refractivity contribution in [1.29, 1.82) is 0 Å². The number of ketones is 1. The summed E-state index contributed by atoms with van der Waals surface area (Å²) in [7, 11) is 0. The Morgan fingerprint density at radius 2 is 1.87 bits per heavy atom. The first kappa shape index (κ1) is 24.1. The average Bonchev–Trinajstić information content (AvgIpc) is 2.60. The minimum absolute atomic E-state index is 0.105. The van der Waals surface area contributed by atoms with Crippen LogP contribution in [0.1, 0.15) is 60.8 Å². The number of nitrogens with zero attached hydrogens (tertiary/aromatic N) is 2. The summed E-state index contributed by atoms with van der Waals surface area (Å²) in [6.07, 6.45) is 6.64. The van der Waals surface area contributed by atoms with Crippen LogP contribution in [-0.2, 0) is 19.2 Å². The number of hydrogen-bond acceptors (Lipinski definition) is 6. The van der Waals surface area contributed by atoms with Gasteiger partial charge < -0.3 is 4.74 Å². The summed E-state index contributed by atoms with van der Waals surface area (Å²) >= 11 is 0. The van der Waals surface area contributed by atoms with Gasteiger partial charge >= 0.3 is 6.09 Å². The van der Waals surface area contributed by atoms with Crippen molar-refractivity contribution in [3.05, 3.63) is 23.8 Å². The molecular formula is C22H35N3O5. The summed E-state index contributed by atoms with van der Waals surface area (Å²) in [5.74, 6) is -0.511. The van der Waals surface area contributed by atoms with Crippen LogP contribution in [0.15, 0.2) is 23.8 Å². The van der Waals surface area contributed by atoms with E-state index in [-0.39, 0.29) is 17.6 Å². The van der Waals surface area contributed by atoms with E-state index in [9.17, 15) is 14.4 Å². The van der Waals surface area contributed by atoms with Crippen LogP contribution in [-0.4, -0.2) is 58.7 Å². The van der Waals surface area contributed by atoms with Gasteiger partial charge in [0.15, 0.2) is 5.78 Å². The van der Waals surface area contributed by atoms with Gasteiger partial charge in [-0.25, -0.2) is 15.1 Å². The Kier molecular flexibility index (Phi) is 7.82. The lowest BCUT2D eigenvalue weighted by Crippen LogP contribution is -2.54. The van der Waals surface area contributed by atoms with Crippen molar-refractivity contribution in [3.8, 4) is 0 Å². The van der Waals surface area contributed by atoms with Gasteiger partial charge in [0.1, 0.15) is 5.60 Å². The van der Waals surface area contributed by atoms with E-state index in [1.54, 1.807) is 47.6 Å². The molecule has 0 saturated carbocycles. The van der Waals surface area contributed by atoms with E-state index < -0.39 is 17.3 Å². The predicted octanol–water partition coefficient (Wildman–Crippen LogP) is 3.15. The highest BCUT2D eigenvalue weighted by Gasteiger charge is 2.34. The quantitative estimate of drug-likeness (QED) is 0.702. The molecule has 2 amide bonds. The highest BCUT2D eigenvalue weighted by molar-refractivity contribution is 5.92. The van der Waals surface area contributed by atoms with Crippen LogP contribution in [0.3, 0.4) is 0 Å². The Hall–Kier alpha value is -2.19. The van der Waals surface area contributed by atoms with Gasteiger partial charge in [-0.1, -0.05) is 12.2 Å². The van der Waals surface area contributed by atoms with Crippen molar-refractivity contribution in [1.82, 2.24) is 15.5 Å². The van der Waals surface area contributed by atoms with Gasteiger partial charge in [-0.15, -0.1) is 5.17 Å². The smallest absolute Gasteiger partial charge is 0.428 e. The van der Waals surface area contributed by atoms with E-state index in [0.29, 0.717) is 25.9 Å². The number of hydrazine groups is 1. The summed E-state index contributed by atoms with van der Waals surface area (Å²) < 4.78 is 5.27. The van der Waals surface area contributed by atoms with Crippen LogP contribution in [0.25, 0.3) is 0 Å². The molecule has 1 saturated heterocycles. The number of allylic oxidation sites excluding steroid dienone is 2. The molecule has 8 heteroatoms. The molecule has 1 heterocycles. The Balaban J connectivity index is 2.03. The monoisotopic (exact) mass is 421 g/mol. The van der Waals surface area contributed by atoms with E-state index in [4.69, 9.17) is 9.57 Å². The molecule has 2 rings (SSSR count). The first-order valence-electron chi connectivity index (χ1n) is 10.5. The van der Waals surface area contributed by atoms with Crippen molar-refractivity contribution in [3.63, 3.8) is 0 Å². The maximum Gasteiger partial charge on any atom is 0.428 e. The number of piperidine rings is 1. The van der Waals surface area contributed by atoms with Crippen molar-refractivity contribution in [2.45, 2.75) is 72.0 Å². The Labute approximate surface area is 179 Å². The normalized spacial score (nSPS) is 20.5. The molecule has 1 atom stereocenters. The molecule has 8 nitrogen and oxygen atoms in total. The van der Waals surface area contributed by atoms with E-state index in [0.717, 1.165) is 23.7 Å². The molecule has 0 radical (unpaired) electrons. The molecule has 168 valence electrons. The van der Waals surface area contributed by atoms with E-state index in [1.165, 1.54) is 0 Å². The van der Waals surface area contributed by atoms with Crippen molar-refractivity contribution < 1.29 is 24.0 Å². The molecule has 0 aromatic rings. The predicted molar refractivity (Wildman–Crippen MR) is 113 cm³/mol. The molecule has 0 spiro atoms. The number of ether oxygens (including phenoxy) is 1. The second-order valence-corrected chi connectivity index (χ2v) is 9.81. The third-order valence-corrected chi connectivity index (χ3v) is 4.47. The fraction of sp³-hybridized carbons (Fsp3) is 0.682. The summed E-state index contributed by atoms with van der Waals surface area (Å²) in [6, 6.07) is 0. The second kappa shape index (κ2) is 9.75. The molecule has 1 aliphatic carbocycles. The fourth-order valence-corrected chi connectivity index (χ4v) is 3.29. The summed E-state index contributed by atoms with van der Waals surface area (Å²) in [6.45, 7) is 12.8. The largest absolute Gasteiger partial charge is 0.443 e. The van der Waals surface area contributed by atoms with Crippen LogP contribution < -0.4 is 5.43 Å². The first-order valence-corrected chi connectivity index (χ1v) is 10.5.